The standard InChI is InChI=1S/C14H15OS/c15-16(11-13-7-3-1-4-8-13)12-14-9-5-2-6-10-14/h1-10,15H,11-12H2/q+1. The Kier molecular flexibility index (Phi) is 4.03. The summed E-state index contributed by atoms with van der Waals surface area (Å²) < 4.78 is 9.98. The third-order valence-electron chi connectivity index (χ3n) is 2.35. The molecule has 82 valence electrons. The average Bonchev–Trinajstić information content (AvgIpc) is 2.31. The number of hydrogen-bond donors (Lipinski definition) is 1. The summed E-state index contributed by atoms with van der Waals surface area (Å²) in [6, 6.07) is 20.3. The van der Waals surface area contributed by atoms with Gasteiger partial charge in [-0.25, -0.2) is 0 Å². The molecule has 2 aromatic carbocycles. The zero-order chi connectivity index (χ0) is 11.2. The fourth-order valence-electron chi connectivity index (χ4n) is 1.58. The van der Waals surface area contributed by atoms with Crippen LogP contribution >= 0.6 is 0 Å². The first-order chi connectivity index (χ1) is 7.84. The summed E-state index contributed by atoms with van der Waals surface area (Å²) in [6.45, 7) is 0. The molecule has 0 fully saturated rings. The van der Waals surface area contributed by atoms with E-state index in [4.69, 9.17) is 0 Å². The minimum absolute atomic E-state index is 0.572. The lowest BCUT2D eigenvalue weighted by atomic mass is 10.2. The van der Waals surface area contributed by atoms with E-state index in [0.29, 0.717) is 0 Å². The minimum Gasteiger partial charge on any atom is -0.187 e. The number of benzene rings is 2. The van der Waals surface area contributed by atoms with Crippen molar-refractivity contribution < 1.29 is 4.55 Å². The van der Waals surface area contributed by atoms with Gasteiger partial charge in [0.15, 0.2) is 22.7 Å². The molecule has 0 aliphatic heterocycles. The Morgan fingerprint density at radius 2 is 1.06 bits per heavy atom. The molecule has 1 nitrogen and oxygen atoms in total. The largest absolute Gasteiger partial charge is 0.187 e. The second-order valence-corrected chi connectivity index (χ2v) is 5.22. The van der Waals surface area contributed by atoms with E-state index in [-0.39, 0.29) is 0 Å². The summed E-state index contributed by atoms with van der Waals surface area (Å²) >= 11 is -0.572. The Balaban J connectivity index is 1.92. The molecule has 16 heavy (non-hydrogen) atoms. The monoisotopic (exact) mass is 231 g/mol. The maximum atomic E-state index is 9.98. The molecular formula is C14H15OS+. The summed E-state index contributed by atoms with van der Waals surface area (Å²) in [5.74, 6) is 1.49. The molecule has 0 unspecified atom stereocenters. The van der Waals surface area contributed by atoms with Crippen molar-refractivity contribution in [1.82, 2.24) is 0 Å². The maximum absolute atomic E-state index is 9.98. The van der Waals surface area contributed by atoms with Crippen LogP contribution in [0.4, 0.5) is 0 Å². The molecule has 0 amide bonds. The van der Waals surface area contributed by atoms with Crippen LogP contribution in [0.3, 0.4) is 0 Å². The Morgan fingerprint density at radius 3 is 1.44 bits per heavy atom. The fourth-order valence-corrected chi connectivity index (χ4v) is 2.84. The zero-order valence-electron chi connectivity index (χ0n) is 9.04. The fraction of sp³-hybridized carbons (Fsp3) is 0.143. The van der Waals surface area contributed by atoms with Crippen LogP contribution in [-0.4, -0.2) is 4.55 Å². The van der Waals surface area contributed by atoms with E-state index in [1.54, 1.807) is 0 Å². The number of rotatable bonds is 4. The van der Waals surface area contributed by atoms with Crippen LogP contribution in [0.5, 0.6) is 0 Å². The molecule has 0 aliphatic rings. The molecule has 0 aromatic heterocycles. The number of hydrogen-bond acceptors (Lipinski definition) is 1. The highest BCUT2D eigenvalue weighted by Gasteiger charge is 2.16. The third-order valence-corrected chi connectivity index (χ3v) is 3.69. The van der Waals surface area contributed by atoms with Crippen molar-refractivity contribution in [1.29, 1.82) is 0 Å². The molecule has 0 saturated heterocycles. The summed E-state index contributed by atoms with van der Waals surface area (Å²) in [6.07, 6.45) is 0. The van der Waals surface area contributed by atoms with Gasteiger partial charge in [-0.05, 0) is 0 Å². The molecule has 1 N–H and O–H groups in total. The smallest absolute Gasteiger partial charge is 0.166 e. The van der Waals surface area contributed by atoms with Crippen LogP contribution < -0.4 is 0 Å². The molecule has 0 atom stereocenters. The highest BCUT2D eigenvalue weighted by atomic mass is 32.2. The van der Waals surface area contributed by atoms with Crippen molar-refractivity contribution >= 4 is 11.2 Å². The van der Waals surface area contributed by atoms with Crippen molar-refractivity contribution in [3.05, 3.63) is 71.8 Å². The first kappa shape index (κ1) is 11.2. The van der Waals surface area contributed by atoms with Gasteiger partial charge < -0.3 is 0 Å². The summed E-state index contributed by atoms with van der Waals surface area (Å²) in [5, 5.41) is 0. The van der Waals surface area contributed by atoms with E-state index < -0.39 is 11.2 Å². The van der Waals surface area contributed by atoms with Crippen LogP contribution in [-0.2, 0) is 22.7 Å². The molecule has 0 spiro atoms. The van der Waals surface area contributed by atoms with Crippen LogP contribution in [0, 0.1) is 0 Å². The molecule has 2 rings (SSSR count). The predicted molar refractivity (Wildman–Crippen MR) is 70.3 cm³/mol. The quantitative estimate of drug-likeness (QED) is 0.799. The van der Waals surface area contributed by atoms with E-state index in [1.807, 2.05) is 36.4 Å². The van der Waals surface area contributed by atoms with E-state index in [0.717, 1.165) is 11.5 Å². The van der Waals surface area contributed by atoms with Crippen molar-refractivity contribution in [2.24, 2.45) is 0 Å². The second kappa shape index (κ2) is 5.73. The molecule has 0 bridgehead atoms. The van der Waals surface area contributed by atoms with E-state index in [2.05, 4.69) is 24.3 Å². The highest BCUT2D eigenvalue weighted by Crippen LogP contribution is 2.11. The van der Waals surface area contributed by atoms with Crippen LogP contribution in [0.1, 0.15) is 11.1 Å². The predicted octanol–water partition coefficient (Wildman–Crippen LogP) is 3.48. The van der Waals surface area contributed by atoms with Crippen molar-refractivity contribution in [3.8, 4) is 0 Å². The highest BCUT2D eigenvalue weighted by molar-refractivity contribution is 7.89. The zero-order valence-corrected chi connectivity index (χ0v) is 9.86. The lowest BCUT2D eigenvalue weighted by Crippen LogP contribution is -2.06. The van der Waals surface area contributed by atoms with Gasteiger partial charge in [0.2, 0.25) is 0 Å². The van der Waals surface area contributed by atoms with E-state index in [1.165, 1.54) is 11.1 Å². The first-order valence-electron chi connectivity index (χ1n) is 5.29. The molecule has 2 heteroatoms. The van der Waals surface area contributed by atoms with Crippen molar-refractivity contribution in [2.75, 3.05) is 0 Å². The Labute approximate surface area is 99.3 Å². The second-order valence-electron chi connectivity index (χ2n) is 3.72. The minimum atomic E-state index is -0.572. The van der Waals surface area contributed by atoms with Crippen LogP contribution in [0.2, 0.25) is 0 Å². The van der Waals surface area contributed by atoms with Gasteiger partial charge in [0.05, 0.1) is 0 Å². The SMILES string of the molecule is O[S+](Cc1ccccc1)Cc1ccccc1. The van der Waals surface area contributed by atoms with Gasteiger partial charge in [0.1, 0.15) is 0 Å². The Morgan fingerprint density at radius 1 is 0.688 bits per heavy atom. The normalized spacial score (nSPS) is 10.6. The molecule has 2 aromatic rings. The van der Waals surface area contributed by atoms with Crippen molar-refractivity contribution in [3.63, 3.8) is 0 Å². The Bertz CT molecular complexity index is 372. The lowest BCUT2D eigenvalue weighted by Gasteiger charge is -2.01. The van der Waals surface area contributed by atoms with Gasteiger partial charge in [-0.15, -0.1) is 0 Å². The molecule has 0 aliphatic carbocycles. The van der Waals surface area contributed by atoms with Crippen LogP contribution in [0.25, 0.3) is 0 Å². The van der Waals surface area contributed by atoms with E-state index >= 15 is 0 Å². The van der Waals surface area contributed by atoms with Crippen LogP contribution in [0.15, 0.2) is 60.7 Å². The van der Waals surface area contributed by atoms with Gasteiger partial charge in [-0.1, -0.05) is 60.7 Å². The van der Waals surface area contributed by atoms with Gasteiger partial charge in [0.25, 0.3) is 0 Å². The van der Waals surface area contributed by atoms with Crippen molar-refractivity contribution in [2.45, 2.75) is 11.5 Å². The molecule has 0 heterocycles. The maximum Gasteiger partial charge on any atom is 0.166 e. The molecule has 0 radical (unpaired) electrons. The van der Waals surface area contributed by atoms with Gasteiger partial charge in [0, 0.05) is 11.1 Å². The third kappa shape index (κ3) is 3.40. The van der Waals surface area contributed by atoms with Gasteiger partial charge >= 0.3 is 0 Å². The lowest BCUT2D eigenvalue weighted by molar-refractivity contribution is 0.636. The summed E-state index contributed by atoms with van der Waals surface area (Å²) in [4.78, 5) is 0. The summed E-state index contributed by atoms with van der Waals surface area (Å²) in [5.41, 5.74) is 2.40. The molecule has 0 saturated carbocycles. The van der Waals surface area contributed by atoms with Gasteiger partial charge in [-0.3, -0.25) is 0 Å². The first-order valence-corrected chi connectivity index (χ1v) is 6.81. The Hall–Kier alpha value is -1.25. The molecular weight excluding hydrogens is 216 g/mol. The van der Waals surface area contributed by atoms with Gasteiger partial charge in [-0.2, -0.15) is 4.55 Å². The topological polar surface area (TPSA) is 20.2 Å². The van der Waals surface area contributed by atoms with E-state index in [9.17, 15) is 4.55 Å². The summed E-state index contributed by atoms with van der Waals surface area (Å²) in [7, 11) is 0. The average molecular weight is 231 g/mol.